The van der Waals surface area contributed by atoms with E-state index in [9.17, 15) is 14.7 Å². The number of carbonyl (C=O) groups is 2. The molecule has 5 heteroatoms. The highest BCUT2D eigenvalue weighted by molar-refractivity contribution is 6.02. The van der Waals surface area contributed by atoms with Crippen molar-refractivity contribution < 1.29 is 24.2 Å². The molecule has 27 heavy (non-hydrogen) atoms. The van der Waals surface area contributed by atoms with E-state index in [4.69, 9.17) is 9.47 Å². The molecule has 4 rings (SSSR count). The molecule has 0 bridgehead atoms. The van der Waals surface area contributed by atoms with Crippen LogP contribution in [0.3, 0.4) is 0 Å². The largest absolute Gasteiger partial charge is 0.462 e. The second-order valence-corrected chi connectivity index (χ2v) is 10.2. The second-order valence-electron chi connectivity index (χ2n) is 10.2. The highest BCUT2D eigenvalue weighted by Crippen LogP contribution is 2.64. The first-order valence-corrected chi connectivity index (χ1v) is 10.2. The summed E-state index contributed by atoms with van der Waals surface area (Å²) in [4.78, 5) is 25.1. The fourth-order valence-corrected chi connectivity index (χ4v) is 6.12. The lowest BCUT2D eigenvalue weighted by Crippen LogP contribution is -2.49. The Labute approximate surface area is 161 Å². The smallest absolute Gasteiger partial charge is 0.302 e. The number of hydrogen-bond donors (Lipinski definition) is 1. The monoisotopic (exact) mass is 376 g/mol. The molecule has 5 nitrogen and oxygen atoms in total. The van der Waals surface area contributed by atoms with Gasteiger partial charge >= 0.3 is 5.97 Å². The molecule has 4 aliphatic rings. The van der Waals surface area contributed by atoms with Crippen LogP contribution in [0.2, 0.25) is 0 Å². The first-order valence-electron chi connectivity index (χ1n) is 10.2. The van der Waals surface area contributed by atoms with Gasteiger partial charge in [0.1, 0.15) is 11.7 Å². The number of hydrogen-bond acceptors (Lipinski definition) is 5. The van der Waals surface area contributed by atoms with Crippen LogP contribution in [0.1, 0.15) is 60.8 Å². The molecule has 1 heterocycles. The zero-order valence-electron chi connectivity index (χ0n) is 17.2. The van der Waals surface area contributed by atoms with Crippen molar-refractivity contribution in [1.82, 2.24) is 0 Å². The van der Waals surface area contributed by atoms with E-state index in [0.717, 1.165) is 12.8 Å². The first kappa shape index (κ1) is 19.1. The van der Waals surface area contributed by atoms with E-state index < -0.39 is 17.6 Å². The van der Waals surface area contributed by atoms with Crippen LogP contribution < -0.4 is 0 Å². The molecule has 0 unspecified atom stereocenters. The van der Waals surface area contributed by atoms with E-state index in [0.29, 0.717) is 23.8 Å². The summed E-state index contributed by atoms with van der Waals surface area (Å²) in [5.41, 5.74) is -1.08. The van der Waals surface area contributed by atoms with Crippen LogP contribution in [0.4, 0.5) is 0 Å². The number of fused-ring (bicyclic) bond motifs is 4. The predicted octanol–water partition coefficient (Wildman–Crippen LogP) is 3.04. The van der Waals surface area contributed by atoms with Gasteiger partial charge in [-0.05, 0) is 61.9 Å². The van der Waals surface area contributed by atoms with Gasteiger partial charge in [-0.3, -0.25) is 9.59 Å². The standard InChI is InChI=1S/C22H32O5/c1-11-9-15-14(20(15,4)5)7-8-21(6)19(27-21)16-17(26-13(3)23)12(2)10-22(16,25)18(11)24/h9,12,14-17,19,25H,7-8,10H2,1-6H3/b11-9+/t12-,14-,15-,16+,17-,19+,21+,22+/m0/s1. The summed E-state index contributed by atoms with van der Waals surface area (Å²) in [6, 6.07) is 0. The maximum atomic E-state index is 13.4. The minimum atomic E-state index is -1.54. The number of Topliss-reactive ketones (excluding diaryl/α,β-unsaturated/α-hetero) is 1. The molecule has 3 aliphatic carbocycles. The van der Waals surface area contributed by atoms with Gasteiger partial charge in [-0.25, -0.2) is 0 Å². The number of aliphatic hydroxyl groups is 1. The Balaban J connectivity index is 1.75. The van der Waals surface area contributed by atoms with Crippen LogP contribution in [0.25, 0.3) is 0 Å². The molecule has 150 valence electrons. The van der Waals surface area contributed by atoms with Crippen LogP contribution in [0.5, 0.6) is 0 Å². The van der Waals surface area contributed by atoms with Crippen molar-refractivity contribution in [2.75, 3.05) is 0 Å². The van der Waals surface area contributed by atoms with Crippen molar-refractivity contribution in [3.63, 3.8) is 0 Å². The summed E-state index contributed by atoms with van der Waals surface area (Å²) in [7, 11) is 0. The summed E-state index contributed by atoms with van der Waals surface area (Å²) >= 11 is 0. The van der Waals surface area contributed by atoms with Crippen LogP contribution in [0, 0.1) is 29.1 Å². The molecule has 2 saturated carbocycles. The third-order valence-corrected chi connectivity index (χ3v) is 7.94. The quantitative estimate of drug-likeness (QED) is 0.562. The Morgan fingerprint density at radius 1 is 1.33 bits per heavy atom. The third-order valence-electron chi connectivity index (χ3n) is 7.94. The Morgan fingerprint density at radius 2 is 2.00 bits per heavy atom. The Morgan fingerprint density at radius 3 is 2.63 bits per heavy atom. The summed E-state index contributed by atoms with van der Waals surface area (Å²) < 4.78 is 11.7. The molecule has 0 aromatic carbocycles. The molecule has 8 atom stereocenters. The first-order chi connectivity index (χ1) is 12.4. The van der Waals surface area contributed by atoms with Gasteiger partial charge in [0.2, 0.25) is 0 Å². The van der Waals surface area contributed by atoms with Crippen molar-refractivity contribution in [3.05, 3.63) is 11.6 Å². The normalized spacial score (nSPS) is 52.4. The molecule has 1 saturated heterocycles. The minimum Gasteiger partial charge on any atom is -0.462 e. The number of rotatable bonds is 1. The lowest BCUT2D eigenvalue weighted by atomic mass is 9.77. The molecule has 0 radical (unpaired) electrons. The molecular formula is C22H32O5. The summed E-state index contributed by atoms with van der Waals surface area (Å²) in [5, 5.41) is 11.6. The van der Waals surface area contributed by atoms with E-state index in [1.165, 1.54) is 6.92 Å². The van der Waals surface area contributed by atoms with Crippen LogP contribution in [-0.2, 0) is 19.1 Å². The number of allylic oxidation sites excluding steroid dienone is 1. The fourth-order valence-electron chi connectivity index (χ4n) is 6.12. The molecule has 0 aromatic rings. The Hall–Kier alpha value is -1.20. The highest BCUT2D eigenvalue weighted by Gasteiger charge is 2.70. The number of ketones is 1. The number of carbonyl (C=O) groups excluding carboxylic acids is 2. The van der Waals surface area contributed by atoms with E-state index in [2.05, 4.69) is 26.8 Å². The van der Waals surface area contributed by atoms with E-state index in [1.54, 1.807) is 0 Å². The zero-order chi connectivity index (χ0) is 19.9. The van der Waals surface area contributed by atoms with Gasteiger partial charge in [0.25, 0.3) is 0 Å². The highest BCUT2D eigenvalue weighted by atomic mass is 16.6. The summed E-state index contributed by atoms with van der Waals surface area (Å²) in [5.74, 6) is -0.310. The van der Waals surface area contributed by atoms with Crippen molar-refractivity contribution in [2.45, 2.75) is 84.2 Å². The number of epoxide rings is 1. The van der Waals surface area contributed by atoms with Crippen LogP contribution >= 0.6 is 0 Å². The zero-order valence-corrected chi connectivity index (χ0v) is 17.2. The maximum Gasteiger partial charge on any atom is 0.302 e. The number of ether oxygens (including phenoxy) is 2. The molecule has 0 aromatic heterocycles. The summed E-state index contributed by atoms with van der Waals surface area (Å²) in [6.07, 6.45) is 3.56. The minimum absolute atomic E-state index is 0.0952. The van der Waals surface area contributed by atoms with E-state index >= 15 is 0 Å². The third kappa shape index (κ3) is 2.72. The summed E-state index contributed by atoms with van der Waals surface area (Å²) in [6.45, 7) is 11.7. The molecule has 1 N–H and O–H groups in total. The second kappa shape index (κ2) is 5.66. The topological polar surface area (TPSA) is 76.1 Å². The van der Waals surface area contributed by atoms with Crippen molar-refractivity contribution in [2.24, 2.45) is 29.1 Å². The SMILES string of the molecule is CC(=O)O[C@@H]1[C@@H]2[C@H]3O[C@]3(C)CC[C@H]3[C@H](/C=C(\C)C(=O)[C@@]2(O)C[C@@H]1C)C3(C)C. The average molecular weight is 376 g/mol. The van der Waals surface area contributed by atoms with Crippen molar-refractivity contribution in [1.29, 1.82) is 0 Å². The van der Waals surface area contributed by atoms with E-state index in [1.807, 2.05) is 13.8 Å². The van der Waals surface area contributed by atoms with E-state index in [-0.39, 0.29) is 34.8 Å². The van der Waals surface area contributed by atoms with Gasteiger partial charge in [0.05, 0.1) is 17.6 Å². The van der Waals surface area contributed by atoms with Gasteiger partial charge in [-0.1, -0.05) is 26.8 Å². The van der Waals surface area contributed by atoms with Gasteiger partial charge in [-0.15, -0.1) is 0 Å². The van der Waals surface area contributed by atoms with Gasteiger partial charge in [0.15, 0.2) is 5.78 Å². The van der Waals surface area contributed by atoms with Crippen molar-refractivity contribution >= 4 is 11.8 Å². The Bertz CT molecular complexity index is 724. The van der Waals surface area contributed by atoms with Gasteiger partial charge in [0, 0.05) is 6.92 Å². The number of esters is 1. The predicted molar refractivity (Wildman–Crippen MR) is 99.8 cm³/mol. The lowest BCUT2D eigenvalue weighted by molar-refractivity contribution is -0.156. The van der Waals surface area contributed by atoms with Crippen molar-refractivity contribution in [3.8, 4) is 0 Å². The average Bonchev–Trinajstić information content (AvgIpc) is 3.32. The molecule has 0 spiro atoms. The molecule has 0 amide bonds. The molecular weight excluding hydrogens is 344 g/mol. The maximum absolute atomic E-state index is 13.4. The van der Waals surface area contributed by atoms with Crippen LogP contribution in [0.15, 0.2) is 11.6 Å². The fraction of sp³-hybridized carbons (Fsp3) is 0.818. The van der Waals surface area contributed by atoms with Gasteiger partial charge < -0.3 is 14.6 Å². The van der Waals surface area contributed by atoms with Gasteiger partial charge in [-0.2, -0.15) is 0 Å². The molecule has 1 aliphatic heterocycles. The van der Waals surface area contributed by atoms with Crippen LogP contribution in [-0.4, -0.2) is 40.3 Å². The Kier molecular flexibility index (Phi) is 4.01. The lowest BCUT2D eigenvalue weighted by Gasteiger charge is -2.31. The molecule has 3 fully saturated rings.